The molecule has 11 nitrogen and oxygen atoms in total. The molecule has 33 heavy (non-hydrogen) atoms. The average molecular weight is 445 g/mol. The summed E-state index contributed by atoms with van der Waals surface area (Å²) in [6.45, 7) is 1.83. The Morgan fingerprint density at radius 1 is 1.33 bits per heavy atom. The van der Waals surface area contributed by atoms with Gasteiger partial charge in [-0.05, 0) is 17.2 Å². The zero-order valence-electron chi connectivity index (χ0n) is 17.7. The fourth-order valence-electron chi connectivity index (χ4n) is 3.82. The molecule has 0 fully saturated rings. The maximum absolute atomic E-state index is 12.8. The van der Waals surface area contributed by atoms with Crippen molar-refractivity contribution in [3.05, 3.63) is 87.7 Å². The lowest BCUT2D eigenvalue weighted by molar-refractivity contribution is 0.101. The Balaban J connectivity index is 1.84. The normalized spacial score (nSPS) is 12.6. The molecule has 0 spiro atoms. The Morgan fingerprint density at radius 3 is 2.79 bits per heavy atom. The van der Waals surface area contributed by atoms with Gasteiger partial charge in [0.2, 0.25) is 5.75 Å². The zero-order chi connectivity index (χ0) is 23.5. The molecule has 166 valence electrons. The molecule has 0 aliphatic carbocycles. The molecule has 0 saturated carbocycles. The van der Waals surface area contributed by atoms with Gasteiger partial charge in [-0.15, -0.1) is 0 Å². The molecule has 4 aromatic rings. The Morgan fingerprint density at radius 2 is 2.12 bits per heavy atom. The number of aromatic nitrogens is 5. The topological polar surface area (TPSA) is 163 Å². The number of hydrogen-bond donors (Lipinski definition) is 3. The first-order valence-electron chi connectivity index (χ1n) is 9.90. The minimum absolute atomic E-state index is 0.243. The molecular weight excluding hydrogens is 426 g/mol. The van der Waals surface area contributed by atoms with Crippen molar-refractivity contribution in [1.29, 1.82) is 5.26 Å². The standard InChI is InChI=1S/C22H19N7O4/c1-12(17(14-8-24-25-9-14)16-6-4-3-5-13(16)7-23)20-28-18(19(30)22(32)29(20)2)21(31)27-15-10-26-33-11-15/h3-6,8-12,17,30H,1-2H3,(H,24,25)(H,27,31)/t12-,17-/m1/s1. The second-order valence-electron chi connectivity index (χ2n) is 7.40. The van der Waals surface area contributed by atoms with Crippen LogP contribution < -0.4 is 10.9 Å². The van der Waals surface area contributed by atoms with E-state index in [1.165, 1.54) is 24.1 Å². The molecular formula is C22H19N7O4. The van der Waals surface area contributed by atoms with Crippen molar-refractivity contribution in [2.45, 2.75) is 18.8 Å². The van der Waals surface area contributed by atoms with E-state index in [1.54, 1.807) is 24.5 Å². The summed E-state index contributed by atoms with van der Waals surface area (Å²) in [6, 6.07) is 9.31. The minimum Gasteiger partial charge on any atom is -0.501 e. The van der Waals surface area contributed by atoms with Crippen LogP contribution >= 0.6 is 0 Å². The van der Waals surface area contributed by atoms with Crippen molar-refractivity contribution in [3.8, 4) is 11.8 Å². The van der Waals surface area contributed by atoms with E-state index < -0.39 is 34.7 Å². The summed E-state index contributed by atoms with van der Waals surface area (Å²) in [6.07, 6.45) is 5.81. The second-order valence-corrected chi connectivity index (χ2v) is 7.40. The number of nitrogens with zero attached hydrogens (tertiary/aromatic N) is 5. The Hall–Kier alpha value is -4.72. The van der Waals surface area contributed by atoms with Crippen molar-refractivity contribution in [2.75, 3.05) is 5.32 Å². The molecule has 11 heteroatoms. The molecule has 3 heterocycles. The third-order valence-electron chi connectivity index (χ3n) is 5.41. The van der Waals surface area contributed by atoms with Crippen molar-refractivity contribution in [2.24, 2.45) is 7.05 Å². The molecule has 0 saturated heterocycles. The first-order valence-corrected chi connectivity index (χ1v) is 9.90. The first kappa shape index (κ1) is 21.5. The number of aromatic hydroxyl groups is 1. The number of nitriles is 1. The number of carbonyl (C=O) groups excluding carboxylic acids is 1. The number of aromatic amines is 1. The number of H-pyrrole nitrogens is 1. The third-order valence-corrected chi connectivity index (χ3v) is 5.41. The number of nitrogens with one attached hydrogen (secondary N) is 2. The monoisotopic (exact) mass is 445 g/mol. The summed E-state index contributed by atoms with van der Waals surface area (Å²) < 4.78 is 5.87. The average Bonchev–Trinajstić information content (AvgIpc) is 3.53. The summed E-state index contributed by atoms with van der Waals surface area (Å²) in [4.78, 5) is 29.9. The summed E-state index contributed by atoms with van der Waals surface area (Å²) >= 11 is 0. The van der Waals surface area contributed by atoms with Gasteiger partial charge in [0.1, 0.15) is 17.8 Å². The number of amides is 1. The maximum Gasteiger partial charge on any atom is 0.296 e. The molecule has 0 radical (unpaired) electrons. The van der Waals surface area contributed by atoms with Crippen LogP contribution in [0.25, 0.3) is 0 Å². The van der Waals surface area contributed by atoms with E-state index in [1.807, 2.05) is 19.1 Å². The SMILES string of the molecule is C[C@@H](c1nc(C(=O)Nc2cnoc2)c(O)c(=O)n1C)[C@H](c1cn[nH]c1)c1ccccc1C#N. The van der Waals surface area contributed by atoms with Gasteiger partial charge in [0.25, 0.3) is 11.5 Å². The first-order chi connectivity index (χ1) is 15.9. The van der Waals surface area contributed by atoms with Crippen LogP contribution in [0, 0.1) is 11.3 Å². The van der Waals surface area contributed by atoms with Crippen LogP contribution in [0.4, 0.5) is 5.69 Å². The van der Waals surface area contributed by atoms with Crippen LogP contribution in [0.1, 0.15) is 51.8 Å². The van der Waals surface area contributed by atoms with Crippen molar-refractivity contribution in [1.82, 2.24) is 24.9 Å². The quantitative estimate of drug-likeness (QED) is 0.407. The van der Waals surface area contributed by atoms with Gasteiger partial charge in [0.05, 0.1) is 24.0 Å². The Labute approximate surface area is 187 Å². The lowest BCUT2D eigenvalue weighted by Crippen LogP contribution is -2.29. The van der Waals surface area contributed by atoms with E-state index in [0.29, 0.717) is 11.1 Å². The lowest BCUT2D eigenvalue weighted by Gasteiger charge is -2.26. The summed E-state index contributed by atoms with van der Waals surface area (Å²) in [5, 5.41) is 32.8. The van der Waals surface area contributed by atoms with Gasteiger partial charge in [-0.3, -0.25) is 19.3 Å². The highest BCUT2D eigenvalue weighted by molar-refractivity contribution is 6.04. The van der Waals surface area contributed by atoms with E-state index in [4.69, 9.17) is 0 Å². The number of rotatable bonds is 6. The Bertz CT molecular complexity index is 1390. The molecule has 4 rings (SSSR count). The van der Waals surface area contributed by atoms with Gasteiger partial charge in [0, 0.05) is 25.1 Å². The maximum atomic E-state index is 12.8. The number of hydrogen-bond acceptors (Lipinski definition) is 8. The van der Waals surface area contributed by atoms with Crippen LogP contribution in [-0.4, -0.2) is 35.9 Å². The van der Waals surface area contributed by atoms with Crippen LogP contribution in [0.5, 0.6) is 5.75 Å². The van der Waals surface area contributed by atoms with Crippen LogP contribution in [0.3, 0.4) is 0 Å². The zero-order valence-corrected chi connectivity index (χ0v) is 17.7. The lowest BCUT2D eigenvalue weighted by atomic mass is 9.80. The van der Waals surface area contributed by atoms with E-state index in [0.717, 1.165) is 5.56 Å². The molecule has 1 amide bonds. The van der Waals surface area contributed by atoms with E-state index in [-0.39, 0.29) is 11.5 Å². The molecule has 3 N–H and O–H groups in total. The predicted molar refractivity (Wildman–Crippen MR) is 116 cm³/mol. The molecule has 0 aliphatic heterocycles. The molecule has 2 atom stereocenters. The van der Waals surface area contributed by atoms with Crippen molar-refractivity contribution < 1.29 is 14.4 Å². The van der Waals surface area contributed by atoms with E-state index in [9.17, 15) is 20.0 Å². The molecule has 0 unspecified atom stereocenters. The van der Waals surface area contributed by atoms with E-state index >= 15 is 0 Å². The predicted octanol–water partition coefficient (Wildman–Crippen LogP) is 2.26. The van der Waals surface area contributed by atoms with E-state index in [2.05, 4.69) is 36.2 Å². The van der Waals surface area contributed by atoms with Crippen LogP contribution in [0.2, 0.25) is 0 Å². The van der Waals surface area contributed by atoms with Crippen molar-refractivity contribution in [3.63, 3.8) is 0 Å². The second kappa shape index (κ2) is 8.80. The molecule has 0 bridgehead atoms. The number of benzene rings is 1. The van der Waals surface area contributed by atoms with Crippen LogP contribution in [0.15, 0.2) is 58.4 Å². The summed E-state index contributed by atoms with van der Waals surface area (Å²) in [5.74, 6) is -2.24. The van der Waals surface area contributed by atoms with Gasteiger partial charge < -0.3 is 14.9 Å². The van der Waals surface area contributed by atoms with Crippen molar-refractivity contribution >= 4 is 11.6 Å². The number of anilines is 1. The van der Waals surface area contributed by atoms with Gasteiger partial charge in [0.15, 0.2) is 5.69 Å². The smallest absolute Gasteiger partial charge is 0.296 e. The van der Waals surface area contributed by atoms with Gasteiger partial charge in [-0.2, -0.15) is 10.4 Å². The molecule has 3 aromatic heterocycles. The molecule has 1 aromatic carbocycles. The highest BCUT2D eigenvalue weighted by Gasteiger charge is 2.31. The summed E-state index contributed by atoms with van der Waals surface area (Å²) in [7, 11) is 1.46. The highest BCUT2D eigenvalue weighted by Crippen LogP contribution is 2.38. The largest absolute Gasteiger partial charge is 0.501 e. The highest BCUT2D eigenvalue weighted by atomic mass is 16.5. The van der Waals surface area contributed by atoms with Gasteiger partial charge in [-0.25, -0.2) is 4.98 Å². The van der Waals surface area contributed by atoms with Gasteiger partial charge in [-0.1, -0.05) is 30.3 Å². The third kappa shape index (κ3) is 3.97. The molecule has 0 aliphatic rings. The Kier molecular flexibility index (Phi) is 5.73. The van der Waals surface area contributed by atoms with Gasteiger partial charge >= 0.3 is 0 Å². The van der Waals surface area contributed by atoms with Crippen LogP contribution in [-0.2, 0) is 7.05 Å². The fraction of sp³-hybridized carbons (Fsp3) is 0.182. The number of carbonyl (C=O) groups is 1. The fourth-order valence-corrected chi connectivity index (χ4v) is 3.82. The minimum atomic E-state index is -0.792. The summed E-state index contributed by atoms with van der Waals surface area (Å²) in [5.41, 5.74) is 0.984.